The lowest BCUT2D eigenvalue weighted by Crippen LogP contribution is -1.71. The SMILES string of the molecule is Oc1ccc(C=CCC=Cc2cccc(O)c2)cc1. The van der Waals surface area contributed by atoms with E-state index in [0.29, 0.717) is 0 Å². The summed E-state index contributed by atoms with van der Waals surface area (Å²) in [6.07, 6.45) is 8.88. The summed E-state index contributed by atoms with van der Waals surface area (Å²) in [4.78, 5) is 0. The molecule has 0 bridgehead atoms. The summed E-state index contributed by atoms with van der Waals surface area (Å²) < 4.78 is 0. The molecule has 19 heavy (non-hydrogen) atoms. The van der Waals surface area contributed by atoms with Gasteiger partial charge in [0.1, 0.15) is 11.5 Å². The summed E-state index contributed by atoms with van der Waals surface area (Å²) in [5.74, 6) is 0.558. The third kappa shape index (κ3) is 4.36. The van der Waals surface area contributed by atoms with E-state index in [4.69, 9.17) is 5.11 Å². The molecule has 2 nitrogen and oxygen atoms in total. The van der Waals surface area contributed by atoms with Gasteiger partial charge in [0.25, 0.3) is 0 Å². The molecule has 2 aromatic carbocycles. The number of hydrogen-bond donors (Lipinski definition) is 2. The van der Waals surface area contributed by atoms with Crippen LogP contribution >= 0.6 is 0 Å². The highest BCUT2D eigenvalue weighted by Gasteiger charge is 1.89. The van der Waals surface area contributed by atoms with Gasteiger partial charge in [0, 0.05) is 0 Å². The van der Waals surface area contributed by atoms with E-state index in [1.807, 2.05) is 48.6 Å². The fourth-order valence-corrected chi connectivity index (χ4v) is 1.70. The van der Waals surface area contributed by atoms with Crippen molar-refractivity contribution >= 4 is 12.2 Å². The maximum Gasteiger partial charge on any atom is 0.116 e. The molecule has 0 aliphatic carbocycles. The maximum atomic E-state index is 9.32. The van der Waals surface area contributed by atoms with E-state index >= 15 is 0 Å². The van der Waals surface area contributed by atoms with Gasteiger partial charge in [-0.25, -0.2) is 0 Å². The Bertz CT molecular complexity index is 580. The van der Waals surface area contributed by atoms with Crippen LogP contribution in [-0.4, -0.2) is 10.2 Å². The zero-order valence-corrected chi connectivity index (χ0v) is 10.5. The molecule has 0 spiro atoms. The lowest BCUT2D eigenvalue weighted by molar-refractivity contribution is 0.474. The number of phenols is 2. The predicted molar refractivity (Wildman–Crippen MR) is 78.9 cm³/mol. The van der Waals surface area contributed by atoms with Crippen molar-refractivity contribution in [3.05, 3.63) is 71.8 Å². The molecule has 2 rings (SSSR count). The van der Waals surface area contributed by atoms with Gasteiger partial charge < -0.3 is 10.2 Å². The van der Waals surface area contributed by atoms with Gasteiger partial charge in [-0.05, 0) is 41.8 Å². The van der Waals surface area contributed by atoms with Crippen molar-refractivity contribution in [1.29, 1.82) is 0 Å². The first-order chi connectivity index (χ1) is 9.24. The van der Waals surface area contributed by atoms with Crippen LogP contribution in [0.1, 0.15) is 17.5 Å². The first kappa shape index (κ1) is 13.0. The van der Waals surface area contributed by atoms with E-state index in [9.17, 15) is 5.11 Å². The molecule has 0 radical (unpaired) electrons. The number of hydrogen-bond acceptors (Lipinski definition) is 2. The minimum Gasteiger partial charge on any atom is -0.508 e. The first-order valence-electron chi connectivity index (χ1n) is 6.15. The Morgan fingerprint density at radius 2 is 1.42 bits per heavy atom. The van der Waals surface area contributed by atoms with Gasteiger partial charge in [-0.15, -0.1) is 0 Å². The lowest BCUT2D eigenvalue weighted by atomic mass is 10.1. The van der Waals surface area contributed by atoms with Crippen molar-refractivity contribution in [2.24, 2.45) is 0 Å². The molecular weight excluding hydrogens is 236 g/mol. The van der Waals surface area contributed by atoms with Crippen LogP contribution in [0.25, 0.3) is 12.2 Å². The van der Waals surface area contributed by atoms with E-state index in [2.05, 4.69) is 0 Å². The minimum absolute atomic E-state index is 0.279. The van der Waals surface area contributed by atoms with E-state index < -0.39 is 0 Å². The Kier molecular flexibility index (Phi) is 4.40. The normalized spacial score (nSPS) is 11.4. The second kappa shape index (κ2) is 6.45. The Morgan fingerprint density at radius 3 is 2.11 bits per heavy atom. The number of rotatable bonds is 4. The molecule has 2 heteroatoms. The fourth-order valence-electron chi connectivity index (χ4n) is 1.70. The van der Waals surface area contributed by atoms with Crippen molar-refractivity contribution in [3.63, 3.8) is 0 Å². The van der Waals surface area contributed by atoms with Crippen molar-refractivity contribution in [1.82, 2.24) is 0 Å². The molecule has 0 atom stereocenters. The molecule has 2 N–H and O–H groups in total. The van der Waals surface area contributed by atoms with E-state index in [1.165, 1.54) is 0 Å². The average molecular weight is 252 g/mol. The molecule has 0 fully saturated rings. The highest BCUT2D eigenvalue weighted by molar-refractivity contribution is 5.53. The average Bonchev–Trinajstić information content (AvgIpc) is 2.41. The van der Waals surface area contributed by atoms with E-state index in [1.54, 1.807) is 24.3 Å². The van der Waals surface area contributed by atoms with Crippen LogP contribution in [0.2, 0.25) is 0 Å². The molecular formula is C17H16O2. The smallest absolute Gasteiger partial charge is 0.116 e. The molecule has 0 aliphatic rings. The van der Waals surface area contributed by atoms with Gasteiger partial charge in [0.2, 0.25) is 0 Å². The Labute approximate surface area is 113 Å². The molecule has 0 aliphatic heterocycles. The van der Waals surface area contributed by atoms with E-state index in [0.717, 1.165) is 17.5 Å². The van der Waals surface area contributed by atoms with Crippen LogP contribution < -0.4 is 0 Å². The topological polar surface area (TPSA) is 40.5 Å². The van der Waals surface area contributed by atoms with Gasteiger partial charge in [0.15, 0.2) is 0 Å². The Morgan fingerprint density at radius 1 is 0.737 bits per heavy atom. The number of allylic oxidation sites excluding steroid dienone is 2. The van der Waals surface area contributed by atoms with Gasteiger partial charge in [0.05, 0.1) is 0 Å². The van der Waals surface area contributed by atoms with Crippen LogP contribution in [0, 0.1) is 0 Å². The minimum atomic E-state index is 0.279. The lowest BCUT2D eigenvalue weighted by Gasteiger charge is -1.94. The van der Waals surface area contributed by atoms with Gasteiger partial charge in [-0.2, -0.15) is 0 Å². The molecule has 0 amide bonds. The number of benzene rings is 2. The van der Waals surface area contributed by atoms with Crippen LogP contribution in [0.15, 0.2) is 60.7 Å². The standard InChI is InChI=1S/C17H16O2/c18-16-11-9-14(10-12-16)5-2-1-3-6-15-7-4-8-17(19)13-15/h2-13,18-19H,1H2. The number of phenolic OH excluding ortho intramolecular Hbond substituents is 2. The van der Waals surface area contributed by atoms with Crippen LogP contribution in [0.3, 0.4) is 0 Å². The highest BCUT2D eigenvalue weighted by atomic mass is 16.3. The molecule has 0 unspecified atom stereocenters. The molecule has 96 valence electrons. The molecule has 0 saturated carbocycles. The quantitative estimate of drug-likeness (QED) is 0.855. The van der Waals surface area contributed by atoms with Crippen LogP contribution in [0.5, 0.6) is 11.5 Å². The van der Waals surface area contributed by atoms with Gasteiger partial charge in [-0.1, -0.05) is 48.6 Å². The summed E-state index contributed by atoms with van der Waals surface area (Å²) in [5, 5.41) is 18.5. The maximum absolute atomic E-state index is 9.32. The van der Waals surface area contributed by atoms with E-state index in [-0.39, 0.29) is 11.5 Å². The van der Waals surface area contributed by atoms with Gasteiger partial charge >= 0.3 is 0 Å². The van der Waals surface area contributed by atoms with Crippen molar-refractivity contribution in [3.8, 4) is 11.5 Å². The second-order valence-electron chi connectivity index (χ2n) is 4.23. The zero-order chi connectivity index (χ0) is 13.5. The fraction of sp³-hybridized carbons (Fsp3) is 0.0588. The molecule has 0 aromatic heterocycles. The van der Waals surface area contributed by atoms with Gasteiger partial charge in [-0.3, -0.25) is 0 Å². The molecule has 0 saturated heterocycles. The summed E-state index contributed by atoms with van der Waals surface area (Å²) in [6, 6.07) is 14.2. The van der Waals surface area contributed by atoms with Crippen LogP contribution in [-0.2, 0) is 0 Å². The summed E-state index contributed by atoms with van der Waals surface area (Å²) >= 11 is 0. The third-order valence-electron chi connectivity index (χ3n) is 2.66. The third-order valence-corrected chi connectivity index (χ3v) is 2.66. The summed E-state index contributed by atoms with van der Waals surface area (Å²) in [7, 11) is 0. The summed E-state index contributed by atoms with van der Waals surface area (Å²) in [5.41, 5.74) is 2.04. The Balaban J connectivity index is 1.88. The first-order valence-corrected chi connectivity index (χ1v) is 6.15. The highest BCUT2D eigenvalue weighted by Crippen LogP contribution is 2.13. The van der Waals surface area contributed by atoms with Crippen LogP contribution in [0.4, 0.5) is 0 Å². The largest absolute Gasteiger partial charge is 0.508 e. The predicted octanol–water partition coefficient (Wildman–Crippen LogP) is 4.21. The van der Waals surface area contributed by atoms with Crippen molar-refractivity contribution in [2.45, 2.75) is 6.42 Å². The summed E-state index contributed by atoms with van der Waals surface area (Å²) in [6.45, 7) is 0. The number of aromatic hydroxyl groups is 2. The monoisotopic (exact) mass is 252 g/mol. The van der Waals surface area contributed by atoms with Crippen molar-refractivity contribution < 1.29 is 10.2 Å². The molecule has 0 heterocycles. The molecule has 2 aromatic rings. The van der Waals surface area contributed by atoms with Crippen molar-refractivity contribution in [2.75, 3.05) is 0 Å². The zero-order valence-electron chi connectivity index (χ0n) is 10.5. The second-order valence-corrected chi connectivity index (χ2v) is 4.23. The Hall–Kier alpha value is -2.48.